The Kier molecular flexibility index (Phi) is 6.44. The Morgan fingerprint density at radius 3 is 2.28 bits per heavy atom. The minimum Gasteiger partial charge on any atom is -0.469 e. The smallest absolute Gasteiger partial charge is 0.310 e. The van der Waals surface area contributed by atoms with Gasteiger partial charge in [-0.05, 0) is 19.1 Å². The lowest BCUT2D eigenvalue weighted by Gasteiger charge is -2.23. The van der Waals surface area contributed by atoms with Crippen LogP contribution in [0.4, 0.5) is 0 Å². The van der Waals surface area contributed by atoms with Crippen LogP contribution in [0.3, 0.4) is 0 Å². The van der Waals surface area contributed by atoms with Crippen molar-refractivity contribution >= 4 is 11.9 Å². The first-order chi connectivity index (χ1) is 14.0. The number of aromatic nitrogens is 2. The van der Waals surface area contributed by atoms with Crippen molar-refractivity contribution in [1.29, 1.82) is 0 Å². The number of carbonyl (C=O) groups excluding carboxylic acids is 2. The maximum absolute atomic E-state index is 13.4. The number of rotatable bonds is 7. The molecule has 150 valence electrons. The largest absolute Gasteiger partial charge is 0.469 e. The molecular weight excluding hydrogens is 366 g/mol. The molecule has 0 spiro atoms. The molecule has 3 aromatic rings. The number of amides is 1. The maximum atomic E-state index is 13.4. The van der Waals surface area contributed by atoms with E-state index in [4.69, 9.17) is 9.84 Å². The monoisotopic (exact) mass is 391 g/mol. The predicted molar refractivity (Wildman–Crippen MR) is 112 cm³/mol. The third kappa shape index (κ3) is 4.54. The van der Waals surface area contributed by atoms with E-state index in [9.17, 15) is 9.59 Å². The molecule has 2 aromatic carbocycles. The number of esters is 1. The van der Waals surface area contributed by atoms with Gasteiger partial charge in [0.25, 0.3) is 5.91 Å². The van der Waals surface area contributed by atoms with Crippen LogP contribution in [-0.2, 0) is 9.53 Å². The number of methoxy groups -OCH3 is 1. The third-order valence-corrected chi connectivity index (χ3v) is 4.78. The molecule has 0 aliphatic heterocycles. The molecule has 0 fully saturated rings. The van der Waals surface area contributed by atoms with Crippen molar-refractivity contribution in [1.82, 2.24) is 14.7 Å². The van der Waals surface area contributed by atoms with Gasteiger partial charge in [-0.2, -0.15) is 5.10 Å². The number of nitrogens with zero attached hydrogens (tertiary/aromatic N) is 3. The molecule has 6 nitrogen and oxygen atoms in total. The van der Waals surface area contributed by atoms with Gasteiger partial charge in [0.15, 0.2) is 0 Å². The molecule has 0 radical (unpaired) electrons. The molecule has 29 heavy (non-hydrogen) atoms. The zero-order valence-electron chi connectivity index (χ0n) is 16.9. The van der Waals surface area contributed by atoms with Crippen LogP contribution in [0.2, 0.25) is 0 Å². The van der Waals surface area contributed by atoms with E-state index in [1.54, 1.807) is 22.7 Å². The summed E-state index contributed by atoms with van der Waals surface area (Å²) in [6, 6.07) is 19.3. The number of hydrogen-bond acceptors (Lipinski definition) is 4. The molecule has 0 N–H and O–H groups in total. The van der Waals surface area contributed by atoms with Crippen LogP contribution >= 0.6 is 0 Å². The van der Waals surface area contributed by atoms with Crippen LogP contribution in [0, 0.1) is 5.92 Å². The number of ether oxygens (including phenoxy) is 1. The molecule has 0 saturated carbocycles. The summed E-state index contributed by atoms with van der Waals surface area (Å²) in [6.45, 7) is 4.41. The fraction of sp³-hybridized carbons (Fsp3) is 0.261. The quantitative estimate of drug-likeness (QED) is 0.575. The van der Waals surface area contributed by atoms with Gasteiger partial charge >= 0.3 is 5.97 Å². The van der Waals surface area contributed by atoms with Crippen LogP contribution in [-0.4, -0.2) is 46.8 Å². The van der Waals surface area contributed by atoms with Gasteiger partial charge in [0.2, 0.25) is 0 Å². The van der Waals surface area contributed by atoms with E-state index in [-0.39, 0.29) is 18.4 Å². The zero-order chi connectivity index (χ0) is 20.8. The lowest BCUT2D eigenvalue weighted by Crippen LogP contribution is -2.37. The molecule has 1 atom stereocenters. The molecule has 1 aromatic heterocycles. The van der Waals surface area contributed by atoms with Crippen molar-refractivity contribution in [2.45, 2.75) is 13.8 Å². The maximum Gasteiger partial charge on any atom is 0.310 e. The fourth-order valence-electron chi connectivity index (χ4n) is 3.18. The van der Waals surface area contributed by atoms with Gasteiger partial charge in [-0.1, -0.05) is 55.5 Å². The third-order valence-electron chi connectivity index (χ3n) is 4.78. The van der Waals surface area contributed by atoms with Crippen LogP contribution in [0.5, 0.6) is 0 Å². The first-order valence-corrected chi connectivity index (χ1v) is 9.62. The second-order valence-electron chi connectivity index (χ2n) is 6.81. The van der Waals surface area contributed by atoms with Gasteiger partial charge < -0.3 is 9.64 Å². The SMILES string of the molecule is CCN(CC(C)C(=O)OC)C(=O)c1cn(-c2ccccc2)nc1-c1ccccc1. The van der Waals surface area contributed by atoms with E-state index in [1.807, 2.05) is 67.6 Å². The van der Waals surface area contributed by atoms with E-state index in [1.165, 1.54) is 7.11 Å². The summed E-state index contributed by atoms with van der Waals surface area (Å²) in [6.07, 6.45) is 1.76. The van der Waals surface area contributed by atoms with Gasteiger partial charge in [0.05, 0.1) is 24.3 Å². The van der Waals surface area contributed by atoms with Crippen LogP contribution in [0.15, 0.2) is 66.9 Å². The Morgan fingerprint density at radius 2 is 1.69 bits per heavy atom. The Morgan fingerprint density at radius 1 is 1.07 bits per heavy atom. The summed E-state index contributed by atoms with van der Waals surface area (Å²) in [4.78, 5) is 26.9. The van der Waals surface area contributed by atoms with E-state index >= 15 is 0 Å². The molecule has 1 unspecified atom stereocenters. The first kappa shape index (κ1) is 20.3. The highest BCUT2D eigenvalue weighted by Crippen LogP contribution is 2.25. The standard InChI is InChI=1S/C23H25N3O3/c1-4-25(15-17(2)23(28)29-3)22(27)20-16-26(19-13-9-6-10-14-19)24-21(20)18-11-7-5-8-12-18/h5-14,16-17H,4,15H2,1-3H3. The summed E-state index contributed by atoms with van der Waals surface area (Å²) in [5.74, 6) is -0.906. The molecule has 1 heterocycles. The molecule has 0 saturated heterocycles. The molecule has 0 aliphatic rings. The predicted octanol–water partition coefficient (Wildman–Crippen LogP) is 3.81. The zero-order valence-corrected chi connectivity index (χ0v) is 16.9. The van der Waals surface area contributed by atoms with Crippen molar-refractivity contribution in [2.75, 3.05) is 20.2 Å². The average molecular weight is 391 g/mol. The normalized spacial score (nSPS) is 11.7. The van der Waals surface area contributed by atoms with Crippen molar-refractivity contribution < 1.29 is 14.3 Å². The number of benzene rings is 2. The molecule has 1 amide bonds. The minimum absolute atomic E-state index is 0.163. The van der Waals surface area contributed by atoms with E-state index in [0.29, 0.717) is 17.8 Å². The van der Waals surface area contributed by atoms with Gasteiger partial charge in [0.1, 0.15) is 5.69 Å². The Bertz CT molecular complexity index is 968. The lowest BCUT2D eigenvalue weighted by atomic mass is 10.1. The molecule has 6 heteroatoms. The van der Waals surface area contributed by atoms with E-state index in [0.717, 1.165) is 11.3 Å². The number of para-hydroxylation sites is 1. The fourth-order valence-corrected chi connectivity index (χ4v) is 3.18. The second-order valence-corrected chi connectivity index (χ2v) is 6.81. The highest BCUT2D eigenvalue weighted by Gasteiger charge is 2.26. The Labute approximate surface area is 170 Å². The van der Waals surface area contributed by atoms with Gasteiger partial charge in [0, 0.05) is 24.8 Å². The van der Waals surface area contributed by atoms with E-state index < -0.39 is 5.92 Å². The summed E-state index contributed by atoms with van der Waals surface area (Å²) in [7, 11) is 1.36. The molecule has 0 bridgehead atoms. The first-order valence-electron chi connectivity index (χ1n) is 9.62. The van der Waals surface area contributed by atoms with Crippen LogP contribution < -0.4 is 0 Å². The van der Waals surface area contributed by atoms with Crippen molar-refractivity contribution in [2.24, 2.45) is 5.92 Å². The Hall–Kier alpha value is -3.41. The average Bonchev–Trinajstić information content (AvgIpc) is 3.23. The van der Waals surface area contributed by atoms with Gasteiger partial charge in [-0.3, -0.25) is 9.59 Å². The summed E-state index contributed by atoms with van der Waals surface area (Å²) < 4.78 is 6.52. The van der Waals surface area contributed by atoms with E-state index in [2.05, 4.69) is 0 Å². The van der Waals surface area contributed by atoms with Crippen LogP contribution in [0.25, 0.3) is 16.9 Å². The highest BCUT2D eigenvalue weighted by atomic mass is 16.5. The summed E-state index contributed by atoms with van der Waals surface area (Å²) >= 11 is 0. The van der Waals surface area contributed by atoms with Crippen molar-refractivity contribution in [3.63, 3.8) is 0 Å². The molecule has 3 rings (SSSR count). The van der Waals surface area contributed by atoms with Gasteiger partial charge in [-0.25, -0.2) is 4.68 Å². The molecular formula is C23H25N3O3. The van der Waals surface area contributed by atoms with Crippen LogP contribution in [0.1, 0.15) is 24.2 Å². The van der Waals surface area contributed by atoms with Gasteiger partial charge in [-0.15, -0.1) is 0 Å². The van der Waals surface area contributed by atoms with Crippen molar-refractivity contribution in [3.05, 3.63) is 72.4 Å². The lowest BCUT2D eigenvalue weighted by molar-refractivity contribution is -0.145. The van der Waals surface area contributed by atoms with Crippen molar-refractivity contribution in [3.8, 4) is 16.9 Å². The summed E-state index contributed by atoms with van der Waals surface area (Å²) in [5.41, 5.74) is 2.85. The number of carbonyl (C=O) groups is 2. The topological polar surface area (TPSA) is 64.4 Å². The second kappa shape index (κ2) is 9.19. The minimum atomic E-state index is -0.409. The molecule has 0 aliphatic carbocycles. The number of hydrogen-bond donors (Lipinski definition) is 0. The highest BCUT2D eigenvalue weighted by molar-refractivity contribution is 6.00. The Balaban J connectivity index is 2.01. The summed E-state index contributed by atoms with van der Waals surface area (Å²) in [5, 5.41) is 4.70.